The number of anilines is 1. The number of ether oxygens (including phenoxy) is 2. The van der Waals surface area contributed by atoms with E-state index in [2.05, 4.69) is 4.98 Å². The van der Waals surface area contributed by atoms with Crippen LogP contribution < -0.4 is 10.6 Å². The zero-order valence-corrected chi connectivity index (χ0v) is 22.5. The van der Waals surface area contributed by atoms with Crippen LogP contribution in [0.5, 0.6) is 0 Å². The summed E-state index contributed by atoms with van der Waals surface area (Å²) in [6, 6.07) is 16.7. The minimum Gasteiger partial charge on any atom is -0.465 e. The largest absolute Gasteiger partial charge is 0.465 e. The lowest BCUT2D eigenvalue weighted by Crippen LogP contribution is -2.46. The normalized spacial score (nSPS) is 21.0. The molecular formula is C30H29N3O5S. The number of allylic oxidation sites excluding steroid dienone is 2. The number of carbonyl (C=O) groups excluding carboxylic acids is 3. The fraction of sp³-hybridized carbons (Fsp3) is 0.267. The van der Waals surface area contributed by atoms with Crippen LogP contribution in [0.4, 0.5) is 5.69 Å². The number of esters is 2. The van der Waals surface area contributed by atoms with Gasteiger partial charge in [-0.15, -0.1) is 11.3 Å². The number of hydrogen-bond donors (Lipinski definition) is 1. The first-order valence-electron chi connectivity index (χ1n) is 12.9. The molecule has 3 heterocycles. The van der Waals surface area contributed by atoms with Crippen molar-refractivity contribution in [3.05, 3.63) is 105 Å². The third-order valence-corrected chi connectivity index (χ3v) is 8.02. The molecule has 39 heavy (non-hydrogen) atoms. The molecule has 0 saturated heterocycles. The van der Waals surface area contributed by atoms with E-state index in [4.69, 9.17) is 15.2 Å². The number of para-hydroxylation sites is 1. The van der Waals surface area contributed by atoms with Crippen molar-refractivity contribution in [2.24, 2.45) is 11.7 Å². The SMILES string of the molecule is CCOC(=O)C1=C(N)N(c2ccccc2)C2=C(C(=O)[C@H](C(=O)OCC)[C@H](c3cccs3)C2)[C@@H]1c1cccnc1. The summed E-state index contributed by atoms with van der Waals surface area (Å²) >= 11 is 1.49. The Kier molecular flexibility index (Phi) is 7.60. The van der Waals surface area contributed by atoms with Gasteiger partial charge in [-0.05, 0) is 55.5 Å². The Morgan fingerprint density at radius 2 is 1.82 bits per heavy atom. The molecular weight excluding hydrogens is 514 g/mol. The van der Waals surface area contributed by atoms with Crippen LogP contribution in [0.1, 0.15) is 42.5 Å². The van der Waals surface area contributed by atoms with E-state index in [-0.39, 0.29) is 24.6 Å². The average molecular weight is 544 g/mol. The van der Waals surface area contributed by atoms with Gasteiger partial charge in [0.15, 0.2) is 5.78 Å². The van der Waals surface area contributed by atoms with Gasteiger partial charge in [-0.25, -0.2) is 4.79 Å². The predicted molar refractivity (Wildman–Crippen MR) is 148 cm³/mol. The number of Topliss-reactive ketones (excluding diaryl/α,β-unsaturated/α-hetero) is 1. The van der Waals surface area contributed by atoms with Gasteiger partial charge < -0.3 is 15.2 Å². The summed E-state index contributed by atoms with van der Waals surface area (Å²) in [5, 5.41) is 1.92. The maximum absolute atomic E-state index is 14.6. The summed E-state index contributed by atoms with van der Waals surface area (Å²) in [6.45, 7) is 3.71. The molecule has 2 N–H and O–H groups in total. The Bertz CT molecular complexity index is 1430. The zero-order valence-electron chi connectivity index (χ0n) is 21.7. The highest BCUT2D eigenvalue weighted by Gasteiger charge is 2.51. The number of ketones is 1. The van der Waals surface area contributed by atoms with E-state index in [9.17, 15) is 14.4 Å². The van der Waals surface area contributed by atoms with E-state index >= 15 is 0 Å². The molecule has 3 aromatic rings. The quantitative estimate of drug-likeness (QED) is 0.338. The van der Waals surface area contributed by atoms with E-state index in [0.29, 0.717) is 28.9 Å². The van der Waals surface area contributed by atoms with Gasteiger partial charge in [0.05, 0.1) is 24.7 Å². The van der Waals surface area contributed by atoms with Gasteiger partial charge in [-0.2, -0.15) is 0 Å². The lowest BCUT2D eigenvalue weighted by Gasteiger charge is -2.43. The summed E-state index contributed by atoms with van der Waals surface area (Å²) in [5.41, 5.74) is 9.23. The Morgan fingerprint density at radius 3 is 2.46 bits per heavy atom. The van der Waals surface area contributed by atoms with E-state index in [0.717, 1.165) is 4.88 Å². The van der Waals surface area contributed by atoms with Crippen molar-refractivity contribution < 1.29 is 23.9 Å². The Labute approximate surface area is 230 Å². The van der Waals surface area contributed by atoms with Crippen molar-refractivity contribution in [2.75, 3.05) is 18.1 Å². The van der Waals surface area contributed by atoms with Crippen LogP contribution in [-0.2, 0) is 23.9 Å². The second-order valence-corrected chi connectivity index (χ2v) is 10.2. The Hall–Kier alpha value is -4.24. The van der Waals surface area contributed by atoms with Crippen molar-refractivity contribution in [3.63, 3.8) is 0 Å². The molecule has 1 aromatic carbocycles. The van der Waals surface area contributed by atoms with E-state index in [1.807, 2.05) is 47.8 Å². The molecule has 0 amide bonds. The molecule has 0 saturated carbocycles. The van der Waals surface area contributed by atoms with Crippen LogP contribution in [0.2, 0.25) is 0 Å². The average Bonchev–Trinajstić information content (AvgIpc) is 3.48. The highest BCUT2D eigenvalue weighted by atomic mass is 32.1. The number of pyridine rings is 1. The van der Waals surface area contributed by atoms with Crippen molar-refractivity contribution in [2.45, 2.75) is 32.1 Å². The molecule has 0 radical (unpaired) electrons. The summed E-state index contributed by atoms with van der Waals surface area (Å²) < 4.78 is 10.9. The number of nitrogens with two attached hydrogens (primary N) is 1. The standard InChI is InChI=1S/C30H29N3O5S/c1-3-37-29(35)24-20(22-13-9-15-39-22)16-21-25(27(24)34)23(18-10-8-14-32-17-18)26(30(36)38-4-2)28(31)33(21)19-11-6-5-7-12-19/h5-15,17,20,23-24H,3-4,16,31H2,1-2H3/t20-,23-,24+/m0/s1. The van der Waals surface area contributed by atoms with Gasteiger partial charge >= 0.3 is 11.9 Å². The number of thiophene rings is 1. The van der Waals surface area contributed by atoms with E-state index in [1.165, 1.54) is 11.3 Å². The van der Waals surface area contributed by atoms with Crippen molar-refractivity contribution >= 4 is 34.7 Å². The van der Waals surface area contributed by atoms with E-state index in [1.54, 1.807) is 43.3 Å². The van der Waals surface area contributed by atoms with Gasteiger partial charge in [0.2, 0.25) is 0 Å². The second-order valence-electron chi connectivity index (χ2n) is 9.19. The Balaban J connectivity index is 1.80. The summed E-state index contributed by atoms with van der Waals surface area (Å²) in [7, 11) is 0. The maximum atomic E-state index is 14.6. The molecule has 2 aliphatic rings. The second kappa shape index (κ2) is 11.2. The molecule has 0 bridgehead atoms. The highest BCUT2D eigenvalue weighted by molar-refractivity contribution is 7.10. The number of benzene rings is 1. The van der Waals surface area contributed by atoms with Crippen molar-refractivity contribution in [1.82, 2.24) is 4.98 Å². The zero-order chi connectivity index (χ0) is 27.5. The first-order valence-corrected chi connectivity index (χ1v) is 13.7. The van der Waals surface area contributed by atoms with Crippen molar-refractivity contribution in [1.29, 1.82) is 0 Å². The summed E-state index contributed by atoms with van der Waals surface area (Å²) in [4.78, 5) is 48.3. The third-order valence-electron chi connectivity index (χ3n) is 7.02. The molecule has 0 spiro atoms. The molecule has 5 rings (SSSR count). The number of carbonyl (C=O) groups is 3. The lowest BCUT2D eigenvalue weighted by molar-refractivity contribution is -0.152. The first-order chi connectivity index (χ1) is 19.0. The predicted octanol–water partition coefficient (Wildman–Crippen LogP) is 4.67. The number of nitrogens with zero attached hydrogens (tertiary/aromatic N) is 2. The van der Waals surface area contributed by atoms with Crippen LogP contribution >= 0.6 is 11.3 Å². The van der Waals surface area contributed by atoms with Gasteiger partial charge in [0.1, 0.15) is 11.7 Å². The Morgan fingerprint density at radius 1 is 1.05 bits per heavy atom. The minimum absolute atomic E-state index is 0.131. The van der Waals surface area contributed by atoms with Crippen LogP contribution in [0.15, 0.2) is 95.0 Å². The topological polar surface area (TPSA) is 112 Å². The van der Waals surface area contributed by atoms with Crippen LogP contribution in [-0.4, -0.2) is 35.9 Å². The number of hydrogen-bond acceptors (Lipinski definition) is 9. The third kappa shape index (κ3) is 4.74. The van der Waals surface area contributed by atoms with Crippen molar-refractivity contribution in [3.8, 4) is 0 Å². The molecule has 1 aliphatic carbocycles. The molecule has 0 unspecified atom stereocenters. The minimum atomic E-state index is -1.07. The van der Waals surface area contributed by atoms with Crippen LogP contribution in [0, 0.1) is 5.92 Å². The van der Waals surface area contributed by atoms with Gasteiger partial charge in [-0.1, -0.05) is 30.3 Å². The molecule has 3 atom stereocenters. The molecule has 9 heteroatoms. The number of rotatable bonds is 7. The van der Waals surface area contributed by atoms with Gasteiger partial charge in [0.25, 0.3) is 0 Å². The first kappa shape index (κ1) is 26.4. The van der Waals surface area contributed by atoms with Gasteiger partial charge in [-0.3, -0.25) is 19.5 Å². The summed E-state index contributed by atoms with van der Waals surface area (Å²) in [5.74, 6) is -3.80. The summed E-state index contributed by atoms with van der Waals surface area (Å²) in [6.07, 6.45) is 3.57. The molecule has 1 aliphatic heterocycles. The number of aromatic nitrogens is 1. The maximum Gasteiger partial charge on any atom is 0.338 e. The monoisotopic (exact) mass is 543 g/mol. The van der Waals surface area contributed by atoms with Crippen LogP contribution in [0.25, 0.3) is 0 Å². The van der Waals surface area contributed by atoms with Crippen LogP contribution in [0.3, 0.4) is 0 Å². The molecule has 0 fully saturated rings. The smallest absolute Gasteiger partial charge is 0.338 e. The molecule has 200 valence electrons. The molecule has 2 aromatic heterocycles. The van der Waals surface area contributed by atoms with E-state index < -0.39 is 35.5 Å². The fourth-order valence-electron chi connectivity index (χ4n) is 5.46. The van der Waals surface area contributed by atoms with Gasteiger partial charge in [0, 0.05) is 40.1 Å². The molecule has 8 nitrogen and oxygen atoms in total. The highest BCUT2D eigenvalue weighted by Crippen LogP contribution is 2.51. The fourth-order valence-corrected chi connectivity index (χ4v) is 6.33. The lowest BCUT2D eigenvalue weighted by atomic mass is 9.68.